The highest BCUT2D eigenvalue weighted by atomic mass is 28.4. The largest absolute Gasteiger partial charge is 0.395 e. The van der Waals surface area contributed by atoms with Crippen LogP contribution in [0, 0.1) is 5.92 Å². The molecular formula is C40H54FN3O5Si. The molecule has 1 N–H and O–H groups in total. The second-order valence-electron chi connectivity index (χ2n) is 15.0. The molecule has 3 amide bonds. The molecule has 3 aliphatic rings. The third kappa shape index (κ3) is 7.82. The number of ether oxygens (including phenoxy) is 1. The van der Waals surface area contributed by atoms with Gasteiger partial charge in [-0.05, 0) is 83.3 Å². The van der Waals surface area contributed by atoms with Gasteiger partial charge in [0, 0.05) is 55.3 Å². The summed E-state index contributed by atoms with van der Waals surface area (Å²) in [5.74, 6) is -1.04. The molecule has 2 fully saturated rings. The normalized spacial score (nSPS) is 23.8. The Balaban J connectivity index is 1.53. The molecule has 8 nitrogen and oxygen atoms in total. The maximum absolute atomic E-state index is 16.5. The monoisotopic (exact) mass is 703 g/mol. The van der Waals surface area contributed by atoms with E-state index in [9.17, 15) is 19.5 Å². The summed E-state index contributed by atoms with van der Waals surface area (Å²) >= 11 is 0. The number of aliphatic hydroxyl groups excluding tert-OH is 1. The fourth-order valence-corrected chi connectivity index (χ4v) is 10.6. The summed E-state index contributed by atoms with van der Waals surface area (Å²) in [7, 11) is -3.53. The zero-order valence-corrected chi connectivity index (χ0v) is 31.6. The molecule has 2 aromatic rings. The lowest BCUT2D eigenvalue weighted by Gasteiger charge is -2.32. The number of aliphatic hydroxyl groups is 1. The van der Waals surface area contributed by atoms with Crippen LogP contribution in [0.25, 0.3) is 0 Å². The van der Waals surface area contributed by atoms with Crippen molar-refractivity contribution in [3.8, 4) is 0 Å². The first kappa shape index (κ1) is 37.6. The molecule has 0 radical (unpaired) electrons. The number of anilines is 2. The smallest absolute Gasteiger partial charge is 0.264 e. The minimum Gasteiger partial charge on any atom is -0.395 e. The maximum atomic E-state index is 16.5. The van der Waals surface area contributed by atoms with Gasteiger partial charge >= 0.3 is 0 Å². The number of halogens is 1. The summed E-state index contributed by atoms with van der Waals surface area (Å²) in [6.45, 7) is 12.5. The van der Waals surface area contributed by atoms with E-state index in [0.29, 0.717) is 43.0 Å². The summed E-state index contributed by atoms with van der Waals surface area (Å²) in [6, 6.07) is 15.2. The molecule has 4 atom stereocenters. The minimum atomic E-state index is -3.53. The van der Waals surface area contributed by atoms with Gasteiger partial charge in [0.15, 0.2) is 5.60 Å². The van der Waals surface area contributed by atoms with Crippen LogP contribution in [0.5, 0.6) is 0 Å². The van der Waals surface area contributed by atoms with E-state index in [1.54, 1.807) is 27.8 Å². The van der Waals surface area contributed by atoms with E-state index in [0.717, 1.165) is 36.8 Å². The van der Waals surface area contributed by atoms with Gasteiger partial charge in [0.05, 0.1) is 24.8 Å². The number of amides is 3. The molecule has 5 rings (SSSR count). The molecule has 50 heavy (non-hydrogen) atoms. The van der Waals surface area contributed by atoms with Crippen molar-refractivity contribution in [3.05, 3.63) is 83.0 Å². The summed E-state index contributed by atoms with van der Waals surface area (Å²) in [4.78, 5) is 46.9. The molecule has 10 heteroatoms. The molecule has 270 valence electrons. The zero-order valence-electron chi connectivity index (χ0n) is 30.6. The van der Waals surface area contributed by atoms with E-state index >= 15 is 4.11 Å². The molecule has 2 saturated heterocycles. The van der Waals surface area contributed by atoms with E-state index in [4.69, 9.17) is 4.74 Å². The third-order valence-corrected chi connectivity index (χ3v) is 13.1. The number of fused-ring (bicyclic) bond motifs is 2. The Labute approximate surface area is 298 Å². The van der Waals surface area contributed by atoms with Gasteiger partial charge in [-0.25, -0.2) is 0 Å². The SMILES string of the molecule is CC(C)=CCC/C(C)=C/CN1C(=O)[C@]2(O[C@H](CC(=O)N(CCO)Cc3ccccc3)[C@@H]([Si](C)(C)F)[C@@H]2C)c2cc(N3CCCCC3=O)ccc21. The van der Waals surface area contributed by atoms with Crippen LogP contribution in [0.15, 0.2) is 71.8 Å². The number of hydrogen-bond acceptors (Lipinski definition) is 5. The van der Waals surface area contributed by atoms with E-state index in [-0.39, 0.29) is 37.3 Å². The first-order valence-electron chi connectivity index (χ1n) is 18.1. The molecule has 0 saturated carbocycles. The van der Waals surface area contributed by atoms with Crippen LogP contribution in [-0.4, -0.2) is 68.5 Å². The van der Waals surface area contributed by atoms with E-state index in [1.807, 2.05) is 55.5 Å². The highest BCUT2D eigenvalue weighted by Gasteiger charge is 2.67. The van der Waals surface area contributed by atoms with Gasteiger partial charge in [0.2, 0.25) is 20.2 Å². The molecule has 0 aliphatic carbocycles. The van der Waals surface area contributed by atoms with E-state index in [1.165, 1.54) is 5.57 Å². The molecular weight excluding hydrogens is 650 g/mol. The van der Waals surface area contributed by atoms with Crippen molar-refractivity contribution in [2.45, 2.75) is 103 Å². The number of piperidine rings is 1. The van der Waals surface area contributed by atoms with Gasteiger partial charge in [-0.15, -0.1) is 0 Å². The Morgan fingerprint density at radius 1 is 1.10 bits per heavy atom. The summed E-state index contributed by atoms with van der Waals surface area (Å²) in [5, 5.41) is 9.84. The molecule has 3 heterocycles. The van der Waals surface area contributed by atoms with Crippen molar-refractivity contribution in [1.82, 2.24) is 4.90 Å². The van der Waals surface area contributed by atoms with Crippen LogP contribution in [-0.2, 0) is 31.3 Å². The van der Waals surface area contributed by atoms with Crippen LogP contribution < -0.4 is 9.80 Å². The van der Waals surface area contributed by atoms with Gasteiger partial charge < -0.3 is 28.7 Å². The zero-order chi connectivity index (χ0) is 36.2. The second-order valence-corrected chi connectivity index (χ2v) is 18.8. The number of benzene rings is 2. The summed E-state index contributed by atoms with van der Waals surface area (Å²) < 4.78 is 23.4. The molecule has 1 spiro atoms. The number of carbonyl (C=O) groups excluding carboxylic acids is 3. The Hall–Kier alpha value is -3.60. The minimum absolute atomic E-state index is 0.0442. The fourth-order valence-electron chi connectivity index (χ4n) is 8.12. The lowest BCUT2D eigenvalue weighted by atomic mass is 9.82. The van der Waals surface area contributed by atoms with Crippen molar-refractivity contribution in [2.24, 2.45) is 5.92 Å². The molecule has 0 bridgehead atoms. The van der Waals surface area contributed by atoms with Gasteiger partial charge in [0.25, 0.3) is 5.91 Å². The maximum Gasteiger partial charge on any atom is 0.264 e. The molecule has 3 aliphatic heterocycles. The topological polar surface area (TPSA) is 90.4 Å². The van der Waals surface area contributed by atoms with E-state index < -0.39 is 31.6 Å². The molecule has 2 aromatic carbocycles. The van der Waals surface area contributed by atoms with Crippen LogP contribution in [0.4, 0.5) is 15.5 Å². The van der Waals surface area contributed by atoms with Crippen molar-refractivity contribution < 1.29 is 28.3 Å². The highest BCUT2D eigenvalue weighted by molar-refractivity contribution is 6.72. The molecule has 0 aromatic heterocycles. The number of hydrogen-bond donors (Lipinski definition) is 1. The molecule has 0 unspecified atom stereocenters. The second kappa shape index (κ2) is 15.7. The Morgan fingerprint density at radius 3 is 2.50 bits per heavy atom. The lowest BCUT2D eigenvalue weighted by Crippen LogP contribution is -2.45. The van der Waals surface area contributed by atoms with Crippen molar-refractivity contribution >= 4 is 37.5 Å². The first-order chi connectivity index (χ1) is 23.8. The van der Waals surface area contributed by atoms with Crippen molar-refractivity contribution in [1.29, 1.82) is 0 Å². The van der Waals surface area contributed by atoms with Crippen molar-refractivity contribution in [3.63, 3.8) is 0 Å². The fraction of sp³-hybridized carbons (Fsp3) is 0.525. The number of allylic oxidation sites excluding steroid dienone is 3. The summed E-state index contributed by atoms with van der Waals surface area (Å²) in [6.07, 6.45) is 7.31. The van der Waals surface area contributed by atoms with Crippen LogP contribution >= 0.6 is 0 Å². The first-order valence-corrected chi connectivity index (χ1v) is 21.1. The highest BCUT2D eigenvalue weighted by Crippen LogP contribution is 2.60. The Kier molecular flexibility index (Phi) is 11.9. The average molecular weight is 704 g/mol. The van der Waals surface area contributed by atoms with Gasteiger partial charge in [-0.3, -0.25) is 14.4 Å². The number of nitrogens with zero attached hydrogens (tertiary/aromatic N) is 3. The number of rotatable bonds is 13. The van der Waals surface area contributed by atoms with Gasteiger partial charge in [-0.2, -0.15) is 0 Å². The van der Waals surface area contributed by atoms with Crippen LogP contribution in [0.1, 0.15) is 77.3 Å². The Bertz CT molecular complexity index is 1620. The van der Waals surface area contributed by atoms with Crippen LogP contribution in [0.2, 0.25) is 18.6 Å². The van der Waals surface area contributed by atoms with Gasteiger partial charge in [0.1, 0.15) is 0 Å². The summed E-state index contributed by atoms with van der Waals surface area (Å²) in [5.41, 5.74) is 3.21. The lowest BCUT2D eigenvalue weighted by molar-refractivity contribution is -0.149. The Morgan fingerprint density at radius 2 is 1.84 bits per heavy atom. The number of carbonyl (C=O) groups is 3. The predicted molar refractivity (Wildman–Crippen MR) is 199 cm³/mol. The van der Waals surface area contributed by atoms with Gasteiger partial charge in [-0.1, -0.05) is 60.6 Å². The van der Waals surface area contributed by atoms with E-state index in [2.05, 4.69) is 32.9 Å². The van der Waals surface area contributed by atoms with Crippen molar-refractivity contribution in [2.75, 3.05) is 36.0 Å². The third-order valence-electron chi connectivity index (χ3n) is 10.6. The average Bonchev–Trinajstić information content (AvgIpc) is 3.49. The quantitative estimate of drug-likeness (QED) is 0.133. The standard InChI is InChI=1S/C40H54FN3O5Si/c1-28(2)13-12-14-29(3)20-22-44-34-19-18-32(43-21-11-10-17-36(43)46)25-33(34)40(39(44)48)30(4)38(50(5,6)41)35(49-40)26-37(47)42(23-24-45)27-31-15-8-7-9-16-31/h7-9,13,15-16,18-20,25,30,35,38,45H,10-12,14,17,21-24,26-27H2,1-6H3/b29-20+/t30-,35+,38-,40+/m0/s1. The van der Waals surface area contributed by atoms with Crippen LogP contribution in [0.3, 0.4) is 0 Å². The predicted octanol–water partition coefficient (Wildman–Crippen LogP) is 7.43.